The molecular formula is C16H21BrN4O3. The maximum atomic E-state index is 12.2. The van der Waals surface area contributed by atoms with Gasteiger partial charge in [0.25, 0.3) is 6.01 Å². The maximum Gasteiger partial charge on any atom is 0.410 e. The Morgan fingerprint density at radius 2 is 2.21 bits per heavy atom. The third-order valence-electron chi connectivity index (χ3n) is 3.62. The number of likely N-dealkylation sites (tertiary alicyclic amines) is 1. The lowest BCUT2D eigenvalue weighted by molar-refractivity contribution is 0.0205. The quantitative estimate of drug-likeness (QED) is 0.777. The summed E-state index contributed by atoms with van der Waals surface area (Å²) in [5.74, 6) is 0. The van der Waals surface area contributed by atoms with Gasteiger partial charge in [0.05, 0.1) is 0 Å². The van der Waals surface area contributed by atoms with Gasteiger partial charge >= 0.3 is 6.09 Å². The van der Waals surface area contributed by atoms with Gasteiger partial charge in [-0.2, -0.15) is 4.98 Å². The van der Waals surface area contributed by atoms with E-state index in [0.717, 1.165) is 12.8 Å². The molecule has 0 saturated carbocycles. The van der Waals surface area contributed by atoms with Gasteiger partial charge in [-0.3, -0.25) is 0 Å². The number of ether oxygens (including phenoxy) is 1. The van der Waals surface area contributed by atoms with E-state index in [2.05, 4.69) is 31.2 Å². The summed E-state index contributed by atoms with van der Waals surface area (Å²) in [6, 6.07) is 4.12. The summed E-state index contributed by atoms with van der Waals surface area (Å²) in [6.45, 7) is 6.87. The number of pyridine rings is 1. The third kappa shape index (κ3) is 4.17. The number of aromatic nitrogens is 2. The van der Waals surface area contributed by atoms with Crippen LogP contribution in [0.15, 0.2) is 21.2 Å². The minimum atomic E-state index is -0.489. The number of rotatable bonds is 2. The molecule has 3 heterocycles. The normalized spacial score (nSPS) is 18.7. The van der Waals surface area contributed by atoms with E-state index in [1.165, 1.54) is 0 Å². The molecule has 1 aliphatic rings. The molecule has 0 unspecified atom stereocenters. The fourth-order valence-corrected chi connectivity index (χ4v) is 2.92. The van der Waals surface area contributed by atoms with Gasteiger partial charge in [0.1, 0.15) is 10.2 Å². The highest BCUT2D eigenvalue weighted by atomic mass is 79.9. The van der Waals surface area contributed by atoms with Gasteiger partial charge in [0.15, 0.2) is 5.58 Å². The van der Waals surface area contributed by atoms with Crippen molar-refractivity contribution in [3.63, 3.8) is 0 Å². The summed E-state index contributed by atoms with van der Waals surface area (Å²) in [5.41, 5.74) is 0.684. The summed E-state index contributed by atoms with van der Waals surface area (Å²) in [4.78, 5) is 22.5. The summed E-state index contributed by atoms with van der Waals surface area (Å²) in [7, 11) is 0. The number of hydrogen-bond donors (Lipinski definition) is 1. The van der Waals surface area contributed by atoms with Crippen molar-refractivity contribution in [1.29, 1.82) is 0 Å². The molecule has 0 aliphatic carbocycles. The predicted molar refractivity (Wildman–Crippen MR) is 94.0 cm³/mol. The SMILES string of the molecule is CC(C)(C)OC(=O)N1CCC[C@@H](Nc2nc3nc(Br)ccc3o2)C1. The lowest BCUT2D eigenvalue weighted by Crippen LogP contribution is -2.47. The van der Waals surface area contributed by atoms with Gasteiger partial charge in [0.2, 0.25) is 5.65 Å². The standard InChI is InChI=1S/C16H21BrN4O3/c1-16(2,3)24-15(22)21-8-4-5-10(9-21)18-14-20-13-11(23-14)6-7-12(17)19-13/h6-7,10H,4-5,8-9H2,1-3H3,(H,18,19,20)/t10-/m1/s1. The van der Waals surface area contributed by atoms with E-state index in [0.29, 0.717) is 34.9 Å². The first-order chi connectivity index (χ1) is 11.3. The topological polar surface area (TPSA) is 80.5 Å². The second-order valence-electron chi connectivity index (χ2n) is 6.88. The van der Waals surface area contributed by atoms with Gasteiger partial charge in [-0.1, -0.05) is 0 Å². The Bertz CT molecular complexity index is 740. The van der Waals surface area contributed by atoms with E-state index in [-0.39, 0.29) is 12.1 Å². The minimum absolute atomic E-state index is 0.0720. The molecule has 0 bridgehead atoms. The number of nitrogens with one attached hydrogen (secondary N) is 1. The number of oxazole rings is 1. The fraction of sp³-hybridized carbons (Fsp3) is 0.562. The number of hydrogen-bond acceptors (Lipinski definition) is 6. The highest BCUT2D eigenvalue weighted by Crippen LogP contribution is 2.22. The number of nitrogens with zero attached hydrogens (tertiary/aromatic N) is 3. The van der Waals surface area contributed by atoms with Crippen LogP contribution in [0, 0.1) is 0 Å². The molecule has 0 radical (unpaired) electrons. The Morgan fingerprint density at radius 3 is 2.96 bits per heavy atom. The second kappa shape index (κ2) is 6.58. The Balaban J connectivity index is 1.65. The van der Waals surface area contributed by atoms with Gasteiger partial charge in [-0.25, -0.2) is 9.78 Å². The van der Waals surface area contributed by atoms with E-state index in [1.807, 2.05) is 32.9 Å². The van der Waals surface area contributed by atoms with Gasteiger partial charge in [-0.15, -0.1) is 0 Å². The van der Waals surface area contributed by atoms with Crippen LogP contribution in [0.1, 0.15) is 33.6 Å². The van der Waals surface area contributed by atoms with Crippen molar-refractivity contribution in [1.82, 2.24) is 14.9 Å². The Hall–Kier alpha value is -1.83. The summed E-state index contributed by atoms with van der Waals surface area (Å²) < 4.78 is 11.8. The highest BCUT2D eigenvalue weighted by molar-refractivity contribution is 9.10. The molecule has 7 nitrogen and oxygen atoms in total. The van der Waals surface area contributed by atoms with Gasteiger partial charge < -0.3 is 19.4 Å². The van der Waals surface area contributed by atoms with Crippen molar-refractivity contribution in [3.8, 4) is 0 Å². The Labute approximate surface area is 148 Å². The molecule has 2 aromatic heterocycles. The van der Waals surface area contributed by atoms with Crippen LogP contribution in [-0.2, 0) is 4.74 Å². The van der Waals surface area contributed by atoms with Crippen LogP contribution in [0.4, 0.5) is 10.8 Å². The van der Waals surface area contributed by atoms with Crippen molar-refractivity contribution in [2.24, 2.45) is 0 Å². The van der Waals surface area contributed by atoms with Gasteiger partial charge in [-0.05, 0) is 61.7 Å². The molecule has 1 aliphatic heterocycles. The van der Waals surface area contributed by atoms with Crippen LogP contribution in [0.3, 0.4) is 0 Å². The minimum Gasteiger partial charge on any atom is -0.444 e. The molecule has 8 heteroatoms. The number of fused-ring (bicyclic) bond motifs is 1. The van der Waals surface area contributed by atoms with E-state index in [9.17, 15) is 4.79 Å². The number of halogens is 1. The lowest BCUT2D eigenvalue weighted by atomic mass is 10.1. The second-order valence-corrected chi connectivity index (χ2v) is 7.70. The van der Waals surface area contributed by atoms with Crippen LogP contribution >= 0.6 is 15.9 Å². The monoisotopic (exact) mass is 396 g/mol. The zero-order valence-corrected chi connectivity index (χ0v) is 15.6. The van der Waals surface area contributed by atoms with E-state index < -0.39 is 5.60 Å². The lowest BCUT2D eigenvalue weighted by Gasteiger charge is -2.34. The first-order valence-electron chi connectivity index (χ1n) is 7.98. The Morgan fingerprint density at radius 1 is 1.42 bits per heavy atom. The molecule has 1 atom stereocenters. The molecule has 1 fully saturated rings. The molecule has 3 rings (SSSR count). The smallest absolute Gasteiger partial charge is 0.410 e. The molecule has 0 spiro atoms. The third-order valence-corrected chi connectivity index (χ3v) is 4.06. The number of carbonyl (C=O) groups is 1. The van der Waals surface area contributed by atoms with Crippen LogP contribution in [0.25, 0.3) is 11.2 Å². The van der Waals surface area contributed by atoms with Crippen LogP contribution in [-0.4, -0.2) is 45.7 Å². The number of piperidine rings is 1. The van der Waals surface area contributed by atoms with Crippen molar-refractivity contribution in [3.05, 3.63) is 16.7 Å². The van der Waals surface area contributed by atoms with Crippen molar-refractivity contribution in [2.75, 3.05) is 18.4 Å². The highest BCUT2D eigenvalue weighted by Gasteiger charge is 2.28. The van der Waals surface area contributed by atoms with Crippen molar-refractivity contribution in [2.45, 2.75) is 45.3 Å². The zero-order valence-electron chi connectivity index (χ0n) is 14.0. The van der Waals surface area contributed by atoms with Crippen LogP contribution in [0.2, 0.25) is 0 Å². The molecule has 0 aromatic carbocycles. The van der Waals surface area contributed by atoms with E-state index in [1.54, 1.807) is 4.90 Å². The molecular weight excluding hydrogens is 376 g/mol. The summed E-state index contributed by atoms with van der Waals surface area (Å²) in [6.07, 6.45) is 1.56. The number of anilines is 1. The first kappa shape index (κ1) is 17.0. The van der Waals surface area contributed by atoms with Gasteiger partial charge in [0, 0.05) is 19.1 Å². The molecule has 2 aromatic rings. The number of amides is 1. The zero-order chi connectivity index (χ0) is 17.3. The van der Waals surface area contributed by atoms with Crippen molar-refractivity contribution >= 4 is 39.3 Å². The molecule has 1 N–H and O–H groups in total. The van der Waals surface area contributed by atoms with E-state index in [4.69, 9.17) is 9.15 Å². The first-order valence-corrected chi connectivity index (χ1v) is 8.77. The average molecular weight is 397 g/mol. The van der Waals surface area contributed by atoms with Crippen LogP contribution in [0.5, 0.6) is 0 Å². The molecule has 1 amide bonds. The summed E-state index contributed by atoms with van der Waals surface area (Å²) in [5, 5.41) is 3.25. The molecule has 1 saturated heterocycles. The largest absolute Gasteiger partial charge is 0.444 e. The fourth-order valence-electron chi connectivity index (χ4n) is 2.62. The van der Waals surface area contributed by atoms with E-state index >= 15 is 0 Å². The average Bonchev–Trinajstić information content (AvgIpc) is 2.87. The predicted octanol–water partition coefficient (Wildman–Crippen LogP) is 3.80. The number of carbonyl (C=O) groups excluding carboxylic acids is 1. The Kier molecular flexibility index (Phi) is 4.67. The van der Waals surface area contributed by atoms with Crippen LogP contribution < -0.4 is 5.32 Å². The van der Waals surface area contributed by atoms with Crippen molar-refractivity contribution < 1.29 is 13.9 Å². The summed E-state index contributed by atoms with van der Waals surface area (Å²) >= 11 is 3.32. The molecule has 130 valence electrons. The molecule has 24 heavy (non-hydrogen) atoms. The maximum absolute atomic E-state index is 12.2.